The summed E-state index contributed by atoms with van der Waals surface area (Å²) < 4.78 is 27.6. The summed E-state index contributed by atoms with van der Waals surface area (Å²) in [6.07, 6.45) is 4.19. The molecule has 1 aromatic carbocycles. The van der Waals surface area contributed by atoms with Gasteiger partial charge in [-0.15, -0.1) is 0 Å². The third-order valence-electron chi connectivity index (χ3n) is 4.09. The molecule has 0 amide bonds. The van der Waals surface area contributed by atoms with Crippen LogP contribution in [0.5, 0.6) is 0 Å². The zero-order valence-electron chi connectivity index (χ0n) is 12.5. The predicted octanol–water partition coefficient (Wildman–Crippen LogP) is 2.84. The maximum atomic E-state index is 13.0. The van der Waals surface area contributed by atoms with Gasteiger partial charge in [-0.25, -0.2) is 8.42 Å². The van der Waals surface area contributed by atoms with Crippen molar-refractivity contribution in [3.63, 3.8) is 0 Å². The van der Waals surface area contributed by atoms with Crippen LogP contribution in [0.2, 0.25) is 0 Å². The van der Waals surface area contributed by atoms with E-state index in [1.807, 2.05) is 20.8 Å². The van der Waals surface area contributed by atoms with E-state index in [0.717, 1.165) is 36.8 Å². The van der Waals surface area contributed by atoms with Crippen LogP contribution in [-0.4, -0.2) is 25.3 Å². The quantitative estimate of drug-likeness (QED) is 0.869. The summed E-state index contributed by atoms with van der Waals surface area (Å²) in [5.74, 6) is 0. The SMILES string of the molecule is CCN(C1CCCC1)S(=O)(=O)c1c(C)cc(N)cc1C. The molecule has 0 saturated heterocycles. The van der Waals surface area contributed by atoms with Crippen LogP contribution >= 0.6 is 0 Å². The number of benzene rings is 1. The number of hydrogen-bond acceptors (Lipinski definition) is 3. The second-order valence-corrected chi connectivity index (χ2v) is 7.46. The minimum atomic E-state index is -3.43. The fourth-order valence-corrected chi connectivity index (χ4v) is 5.43. The summed E-state index contributed by atoms with van der Waals surface area (Å²) in [5, 5.41) is 0. The second-order valence-electron chi connectivity index (χ2n) is 5.63. The average Bonchev–Trinajstić information content (AvgIpc) is 2.80. The number of nitrogens with zero attached hydrogens (tertiary/aromatic N) is 1. The molecule has 20 heavy (non-hydrogen) atoms. The number of hydrogen-bond donors (Lipinski definition) is 1. The van der Waals surface area contributed by atoms with Crippen molar-refractivity contribution in [2.45, 2.75) is 57.4 Å². The van der Waals surface area contributed by atoms with Gasteiger partial charge in [0.05, 0.1) is 4.90 Å². The van der Waals surface area contributed by atoms with E-state index in [4.69, 9.17) is 5.73 Å². The van der Waals surface area contributed by atoms with Crippen molar-refractivity contribution in [2.24, 2.45) is 0 Å². The largest absolute Gasteiger partial charge is 0.399 e. The fraction of sp³-hybridized carbons (Fsp3) is 0.600. The first kappa shape index (κ1) is 15.3. The van der Waals surface area contributed by atoms with Gasteiger partial charge in [0.25, 0.3) is 0 Å². The van der Waals surface area contributed by atoms with Crippen LogP contribution in [0.25, 0.3) is 0 Å². The topological polar surface area (TPSA) is 63.4 Å². The van der Waals surface area contributed by atoms with Gasteiger partial charge in [-0.3, -0.25) is 0 Å². The molecule has 0 heterocycles. The number of nitrogen functional groups attached to an aromatic ring is 1. The van der Waals surface area contributed by atoms with Crippen molar-refractivity contribution in [3.05, 3.63) is 23.3 Å². The summed E-state index contributed by atoms with van der Waals surface area (Å²) in [4.78, 5) is 0.431. The molecule has 0 bridgehead atoms. The summed E-state index contributed by atoms with van der Waals surface area (Å²) in [6, 6.07) is 3.63. The molecule has 1 aliphatic carbocycles. The van der Waals surface area contributed by atoms with Gasteiger partial charge in [-0.2, -0.15) is 4.31 Å². The zero-order valence-corrected chi connectivity index (χ0v) is 13.3. The molecule has 1 aliphatic rings. The summed E-state index contributed by atoms with van der Waals surface area (Å²) in [7, 11) is -3.43. The van der Waals surface area contributed by atoms with Gasteiger partial charge in [-0.05, 0) is 49.9 Å². The van der Waals surface area contributed by atoms with E-state index in [2.05, 4.69) is 0 Å². The van der Waals surface area contributed by atoms with Crippen LogP contribution in [0.4, 0.5) is 5.69 Å². The number of nitrogens with two attached hydrogens (primary N) is 1. The minimum Gasteiger partial charge on any atom is -0.399 e. The van der Waals surface area contributed by atoms with Gasteiger partial charge in [0.1, 0.15) is 0 Å². The van der Waals surface area contributed by atoms with Gasteiger partial charge in [0.15, 0.2) is 0 Å². The molecule has 1 aromatic rings. The average molecular weight is 296 g/mol. The smallest absolute Gasteiger partial charge is 0.243 e. The Morgan fingerprint density at radius 2 is 1.70 bits per heavy atom. The first-order chi connectivity index (χ1) is 9.37. The van der Waals surface area contributed by atoms with Crippen LogP contribution in [0, 0.1) is 13.8 Å². The summed E-state index contributed by atoms with van der Waals surface area (Å²) >= 11 is 0. The summed E-state index contributed by atoms with van der Waals surface area (Å²) in [5.41, 5.74) is 7.88. The van der Waals surface area contributed by atoms with Crippen LogP contribution in [-0.2, 0) is 10.0 Å². The van der Waals surface area contributed by atoms with E-state index in [-0.39, 0.29) is 6.04 Å². The molecule has 1 saturated carbocycles. The molecule has 112 valence electrons. The standard InChI is InChI=1S/C15H24N2O2S/c1-4-17(14-7-5-6-8-14)20(18,19)15-11(2)9-13(16)10-12(15)3/h9-10,14H,4-8,16H2,1-3H3. The maximum Gasteiger partial charge on any atom is 0.243 e. The van der Waals surface area contributed by atoms with Crippen molar-refractivity contribution in [3.8, 4) is 0 Å². The first-order valence-corrected chi connectivity index (χ1v) is 8.70. The lowest BCUT2D eigenvalue weighted by Gasteiger charge is -2.28. The van der Waals surface area contributed by atoms with Crippen molar-refractivity contribution >= 4 is 15.7 Å². The lowest BCUT2D eigenvalue weighted by atomic mass is 10.1. The van der Waals surface area contributed by atoms with E-state index >= 15 is 0 Å². The molecule has 0 radical (unpaired) electrons. The normalized spacial score (nSPS) is 17.0. The molecule has 0 unspecified atom stereocenters. The Hall–Kier alpha value is -1.07. The molecular formula is C15H24N2O2S. The van der Waals surface area contributed by atoms with E-state index in [0.29, 0.717) is 17.1 Å². The third-order valence-corrected chi connectivity index (χ3v) is 6.43. The third kappa shape index (κ3) is 2.69. The van der Waals surface area contributed by atoms with Crippen molar-refractivity contribution in [2.75, 3.05) is 12.3 Å². The van der Waals surface area contributed by atoms with E-state index < -0.39 is 10.0 Å². The van der Waals surface area contributed by atoms with Gasteiger partial charge in [0.2, 0.25) is 10.0 Å². The highest BCUT2D eigenvalue weighted by atomic mass is 32.2. The molecule has 2 N–H and O–H groups in total. The number of rotatable bonds is 4. The minimum absolute atomic E-state index is 0.154. The lowest BCUT2D eigenvalue weighted by Crippen LogP contribution is -2.39. The van der Waals surface area contributed by atoms with Crippen molar-refractivity contribution < 1.29 is 8.42 Å². The van der Waals surface area contributed by atoms with Crippen LogP contribution < -0.4 is 5.73 Å². The molecule has 4 nitrogen and oxygen atoms in total. The van der Waals surface area contributed by atoms with Gasteiger partial charge >= 0.3 is 0 Å². The Kier molecular flexibility index (Phi) is 4.39. The monoisotopic (exact) mass is 296 g/mol. The molecule has 5 heteroatoms. The zero-order chi connectivity index (χ0) is 14.9. The molecule has 1 fully saturated rings. The number of anilines is 1. The highest BCUT2D eigenvalue weighted by Gasteiger charge is 2.33. The van der Waals surface area contributed by atoms with Crippen LogP contribution in [0.15, 0.2) is 17.0 Å². The lowest BCUT2D eigenvalue weighted by molar-refractivity contribution is 0.335. The molecule has 0 aromatic heterocycles. The van der Waals surface area contributed by atoms with Gasteiger partial charge in [0, 0.05) is 18.3 Å². The van der Waals surface area contributed by atoms with E-state index in [9.17, 15) is 8.42 Å². The van der Waals surface area contributed by atoms with Crippen LogP contribution in [0.3, 0.4) is 0 Å². The molecule has 0 atom stereocenters. The molecular weight excluding hydrogens is 272 g/mol. The number of sulfonamides is 1. The maximum absolute atomic E-state index is 13.0. The van der Waals surface area contributed by atoms with Crippen molar-refractivity contribution in [1.29, 1.82) is 0 Å². The highest BCUT2D eigenvalue weighted by Crippen LogP contribution is 2.31. The Labute approximate surface area is 122 Å². The number of aryl methyl sites for hydroxylation is 2. The Balaban J connectivity index is 2.48. The van der Waals surface area contributed by atoms with E-state index in [1.165, 1.54) is 0 Å². The molecule has 2 rings (SSSR count). The molecule has 0 aliphatic heterocycles. The second kappa shape index (κ2) is 5.74. The van der Waals surface area contributed by atoms with Crippen LogP contribution in [0.1, 0.15) is 43.7 Å². The Morgan fingerprint density at radius 1 is 1.20 bits per heavy atom. The van der Waals surface area contributed by atoms with E-state index in [1.54, 1.807) is 16.4 Å². The van der Waals surface area contributed by atoms with Crippen molar-refractivity contribution in [1.82, 2.24) is 4.31 Å². The Morgan fingerprint density at radius 3 is 2.15 bits per heavy atom. The Bertz CT molecular complexity index is 567. The van der Waals surface area contributed by atoms with Gasteiger partial charge < -0.3 is 5.73 Å². The summed E-state index contributed by atoms with van der Waals surface area (Å²) in [6.45, 7) is 6.07. The van der Waals surface area contributed by atoms with Gasteiger partial charge in [-0.1, -0.05) is 19.8 Å². The fourth-order valence-electron chi connectivity index (χ4n) is 3.32. The first-order valence-electron chi connectivity index (χ1n) is 7.26. The highest BCUT2D eigenvalue weighted by molar-refractivity contribution is 7.89. The predicted molar refractivity (Wildman–Crippen MR) is 82.2 cm³/mol. The molecule has 0 spiro atoms.